The molecule has 0 unspecified atom stereocenters. The molecule has 0 bridgehead atoms. The second-order valence-corrected chi connectivity index (χ2v) is 6.15. The Balaban J connectivity index is 2.77. The minimum Gasteiger partial charge on any atom is -0.316 e. The van der Waals surface area contributed by atoms with Crippen LogP contribution in [-0.2, 0) is 9.84 Å². The molecule has 5 heteroatoms. The van der Waals surface area contributed by atoms with Gasteiger partial charge < -0.3 is 5.32 Å². The van der Waals surface area contributed by atoms with Gasteiger partial charge >= 0.3 is 0 Å². The lowest BCUT2D eigenvalue weighted by molar-refractivity contribution is 0.592. The fourth-order valence-corrected chi connectivity index (χ4v) is 2.95. The molecular formula is C10H14BrNO2S. The second kappa shape index (κ2) is 5.63. The topological polar surface area (TPSA) is 46.2 Å². The number of nitrogens with one attached hydrogen (secondary N) is 1. The highest BCUT2D eigenvalue weighted by Gasteiger charge is 2.13. The summed E-state index contributed by atoms with van der Waals surface area (Å²) in [6, 6.07) is 6.78. The van der Waals surface area contributed by atoms with Crippen LogP contribution in [0.15, 0.2) is 33.6 Å². The van der Waals surface area contributed by atoms with E-state index in [9.17, 15) is 8.42 Å². The van der Waals surface area contributed by atoms with Crippen LogP contribution in [0.1, 0.15) is 6.92 Å². The van der Waals surface area contributed by atoms with Crippen LogP contribution in [0.25, 0.3) is 0 Å². The van der Waals surface area contributed by atoms with Crippen LogP contribution >= 0.6 is 15.9 Å². The van der Waals surface area contributed by atoms with Crippen LogP contribution < -0.4 is 5.32 Å². The van der Waals surface area contributed by atoms with Gasteiger partial charge in [-0.1, -0.05) is 28.9 Å². The first-order valence-electron chi connectivity index (χ1n) is 4.75. The summed E-state index contributed by atoms with van der Waals surface area (Å²) in [6.07, 6.45) is 0. The Labute approximate surface area is 98.9 Å². The average molecular weight is 292 g/mol. The molecule has 0 aliphatic heterocycles. The molecule has 3 nitrogen and oxygen atoms in total. The number of hydrogen-bond acceptors (Lipinski definition) is 3. The standard InChI is InChI=1S/C10H14BrNO2S/c1-2-12-6-7-15(13,14)10-5-3-4-9(11)8-10/h3-5,8,12H,2,6-7H2,1H3. The van der Waals surface area contributed by atoms with E-state index >= 15 is 0 Å². The zero-order valence-corrected chi connectivity index (χ0v) is 10.9. The normalized spacial score (nSPS) is 11.6. The molecule has 0 amide bonds. The van der Waals surface area contributed by atoms with E-state index in [1.807, 2.05) is 13.0 Å². The van der Waals surface area contributed by atoms with Crippen LogP contribution in [0.2, 0.25) is 0 Å². The van der Waals surface area contributed by atoms with Crippen molar-refractivity contribution in [1.29, 1.82) is 0 Å². The smallest absolute Gasteiger partial charge is 0.179 e. The summed E-state index contributed by atoms with van der Waals surface area (Å²) < 4.78 is 24.4. The van der Waals surface area contributed by atoms with Gasteiger partial charge in [0, 0.05) is 11.0 Å². The Morgan fingerprint density at radius 3 is 2.73 bits per heavy atom. The van der Waals surface area contributed by atoms with E-state index in [4.69, 9.17) is 0 Å². The minimum atomic E-state index is -3.15. The van der Waals surface area contributed by atoms with Crippen molar-refractivity contribution < 1.29 is 8.42 Å². The van der Waals surface area contributed by atoms with Gasteiger partial charge in [-0.05, 0) is 24.7 Å². The van der Waals surface area contributed by atoms with Crippen molar-refractivity contribution in [1.82, 2.24) is 5.32 Å². The molecule has 15 heavy (non-hydrogen) atoms. The summed E-state index contributed by atoms with van der Waals surface area (Å²) in [5.41, 5.74) is 0. The summed E-state index contributed by atoms with van der Waals surface area (Å²) >= 11 is 3.26. The molecule has 0 aromatic heterocycles. The van der Waals surface area contributed by atoms with Crippen molar-refractivity contribution in [3.8, 4) is 0 Å². The lowest BCUT2D eigenvalue weighted by Gasteiger charge is -2.05. The molecule has 0 aliphatic carbocycles. The highest BCUT2D eigenvalue weighted by Crippen LogP contribution is 2.16. The number of sulfone groups is 1. The summed E-state index contributed by atoms with van der Waals surface area (Å²) in [4.78, 5) is 0.370. The van der Waals surface area contributed by atoms with Crippen LogP contribution in [0.4, 0.5) is 0 Å². The lowest BCUT2D eigenvalue weighted by Crippen LogP contribution is -2.22. The van der Waals surface area contributed by atoms with Gasteiger partial charge in [0.2, 0.25) is 0 Å². The van der Waals surface area contributed by atoms with Crippen LogP contribution in [0.5, 0.6) is 0 Å². The zero-order valence-electron chi connectivity index (χ0n) is 8.53. The SMILES string of the molecule is CCNCCS(=O)(=O)c1cccc(Br)c1. The maximum Gasteiger partial charge on any atom is 0.179 e. The first-order valence-corrected chi connectivity index (χ1v) is 7.20. The molecular weight excluding hydrogens is 278 g/mol. The lowest BCUT2D eigenvalue weighted by atomic mass is 10.4. The van der Waals surface area contributed by atoms with Crippen molar-refractivity contribution >= 4 is 25.8 Å². The molecule has 0 saturated carbocycles. The Morgan fingerprint density at radius 1 is 1.40 bits per heavy atom. The quantitative estimate of drug-likeness (QED) is 0.842. The molecule has 1 aromatic carbocycles. The van der Waals surface area contributed by atoms with Gasteiger partial charge in [-0.15, -0.1) is 0 Å². The molecule has 0 spiro atoms. The van der Waals surface area contributed by atoms with E-state index in [1.165, 1.54) is 0 Å². The first-order chi connectivity index (χ1) is 7.06. The monoisotopic (exact) mass is 291 g/mol. The Kier molecular flexibility index (Phi) is 4.76. The third kappa shape index (κ3) is 3.93. The maximum absolute atomic E-state index is 11.8. The van der Waals surface area contributed by atoms with E-state index in [-0.39, 0.29) is 5.75 Å². The molecule has 0 heterocycles. The predicted molar refractivity (Wildman–Crippen MR) is 64.7 cm³/mol. The van der Waals surface area contributed by atoms with Crippen LogP contribution in [0, 0.1) is 0 Å². The molecule has 1 N–H and O–H groups in total. The molecule has 0 saturated heterocycles. The van der Waals surface area contributed by atoms with Crippen LogP contribution in [0.3, 0.4) is 0 Å². The fourth-order valence-electron chi connectivity index (χ4n) is 1.16. The van der Waals surface area contributed by atoms with Crippen molar-refractivity contribution in [2.75, 3.05) is 18.8 Å². The van der Waals surface area contributed by atoms with Gasteiger partial charge in [-0.25, -0.2) is 8.42 Å². The van der Waals surface area contributed by atoms with Gasteiger partial charge in [0.05, 0.1) is 10.6 Å². The number of halogens is 1. The maximum atomic E-state index is 11.8. The van der Waals surface area contributed by atoms with Gasteiger partial charge in [-0.2, -0.15) is 0 Å². The molecule has 0 aliphatic rings. The summed E-state index contributed by atoms with van der Waals surface area (Å²) in [5.74, 6) is 0.136. The Morgan fingerprint density at radius 2 is 2.13 bits per heavy atom. The summed E-state index contributed by atoms with van der Waals surface area (Å²) in [6.45, 7) is 3.23. The number of rotatable bonds is 5. The number of hydrogen-bond donors (Lipinski definition) is 1. The van der Waals surface area contributed by atoms with E-state index < -0.39 is 9.84 Å². The highest BCUT2D eigenvalue weighted by atomic mass is 79.9. The van der Waals surface area contributed by atoms with E-state index in [2.05, 4.69) is 21.2 Å². The molecule has 0 fully saturated rings. The second-order valence-electron chi connectivity index (χ2n) is 3.13. The molecule has 84 valence electrons. The van der Waals surface area contributed by atoms with Crippen LogP contribution in [-0.4, -0.2) is 27.3 Å². The van der Waals surface area contributed by atoms with E-state index in [0.29, 0.717) is 11.4 Å². The molecule has 1 rings (SSSR count). The average Bonchev–Trinajstić information content (AvgIpc) is 2.18. The van der Waals surface area contributed by atoms with Gasteiger partial charge in [-0.3, -0.25) is 0 Å². The molecule has 1 aromatic rings. The molecule has 0 atom stereocenters. The van der Waals surface area contributed by atoms with Crippen molar-refractivity contribution in [3.63, 3.8) is 0 Å². The highest BCUT2D eigenvalue weighted by molar-refractivity contribution is 9.10. The van der Waals surface area contributed by atoms with Crippen molar-refractivity contribution in [2.45, 2.75) is 11.8 Å². The first kappa shape index (κ1) is 12.7. The fraction of sp³-hybridized carbons (Fsp3) is 0.400. The molecule has 0 radical (unpaired) electrons. The zero-order chi connectivity index (χ0) is 11.3. The Bertz CT molecular complexity index is 417. The van der Waals surface area contributed by atoms with Crippen molar-refractivity contribution in [2.24, 2.45) is 0 Å². The summed E-state index contributed by atoms with van der Waals surface area (Å²) in [5, 5.41) is 3.00. The third-order valence-corrected chi connectivity index (χ3v) is 4.16. The van der Waals surface area contributed by atoms with E-state index in [0.717, 1.165) is 11.0 Å². The van der Waals surface area contributed by atoms with Gasteiger partial charge in [0.25, 0.3) is 0 Å². The van der Waals surface area contributed by atoms with E-state index in [1.54, 1.807) is 18.2 Å². The van der Waals surface area contributed by atoms with Gasteiger partial charge in [0.15, 0.2) is 9.84 Å². The number of benzene rings is 1. The third-order valence-electron chi connectivity index (χ3n) is 1.95. The largest absolute Gasteiger partial charge is 0.316 e. The Hall–Kier alpha value is -0.390. The van der Waals surface area contributed by atoms with Crippen molar-refractivity contribution in [3.05, 3.63) is 28.7 Å². The van der Waals surface area contributed by atoms with Gasteiger partial charge in [0.1, 0.15) is 0 Å². The minimum absolute atomic E-state index is 0.136. The predicted octanol–water partition coefficient (Wildman–Crippen LogP) is 1.83. The summed E-state index contributed by atoms with van der Waals surface area (Å²) in [7, 11) is -3.15.